The summed E-state index contributed by atoms with van der Waals surface area (Å²) in [5, 5.41) is 21.6. The van der Waals surface area contributed by atoms with Crippen molar-refractivity contribution in [2.75, 3.05) is 12.3 Å². The van der Waals surface area contributed by atoms with Gasteiger partial charge in [-0.1, -0.05) is 76.2 Å². The largest absolute Gasteiger partial charge is 0.370 e. The predicted molar refractivity (Wildman–Crippen MR) is 284 cm³/mol. The second kappa shape index (κ2) is 28.8. The molecule has 23 nitrogen and oxygen atoms in total. The average molecular weight is 1070 g/mol. The van der Waals surface area contributed by atoms with Crippen molar-refractivity contribution in [2.24, 2.45) is 23.3 Å². The molecule has 76 heavy (non-hydrogen) atoms. The number of imidazole rings is 1. The van der Waals surface area contributed by atoms with Crippen LogP contribution >= 0.6 is 11.8 Å². The number of fused-ring (bicyclic) bond motifs is 1. The molecule has 14 N–H and O–H groups in total. The molecule has 0 saturated carbocycles. The molecule has 1 saturated heterocycles. The molecular weight excluding hydrogens is 999 g/mol. The second-order valence-corrected chi connectivity index (χ2v) is 20.9. The zero-order valence-electron chi connectivity index (χ0n) is 43.4. The van der Waals surface area contributed by atoms with Crippen molar-refractivity contribution < 1.29 is 47.9 Å². The number of nitrogens with two attached hydrogens (primary N) is 2. The van der Waals surface area contributed by atoms with Crippen molar-refractivity contribution in [3.05, 3.63) is 90.1 Å². The molecule has 2 aromatic heterocycles. The zero-order valence-corrected chi connectivity index (χ0v) is 44.2. The fourth-order valence-corrected chi connectivity index (χ4v) is 9.81. The van der Waals surface area contributed by atoms with Gasteiger partial charge >= 0.3 is 0 Å². The Morgan fingerprint density at radius 2 is 1.42 bits per heavy atom. The number of nitrogens with zero attached hydrogens (tertiary/aromatic N) is 1. The maximum absolute atomic E-state index is 14.1. The lowest BCUT2D eigenvalue weighted by molar-refractivity contribution is -0.135. The van der Waals surface area contributed by atoms with Crippen molar-refractivity contribution >= 4 is 81.7 Å². The van der Waals surface area contributed by atoms with E-state index in [0.29, 0.717) is 29.9 Å². The number of hydrogen-bond donors (Lipinski definition) is 12. The van der Waals surface area contributed by atoms with Crippen molar-refractivity contribution in [3.63, 3.8) is 0 Å². The summed E-state index contributed by atoms with van der Waals surface area (Å²) in [5.74, 6) is -6.54. The molecule has 0 radical (unpaired) electrons. The number of amides is 10. The number of para-hydroxylation sites is 1. The Hall–Kier alpha value is -7.76. The summed E-state index contributed by atoms with van der Waals surface area (Å²) in [6, 6.07) is 9.05. The molecule has 24 heteroatoms. The molecule has 410 valence electrons. The van der Waals surface area contributed by atoms with Crippen LogP contribution in [0.5, 0.6) is 0 Å². The molecule has 1 aliphatic heterocycles. The van der Waals surface area contributed by atoms with Crippen LogP contribution in [0.4, 0.5) is 0 Å². The fraction of sp³-hybridized carbons (Fsp3) is 0.481. The molecular formula is C52H71N13O10S. The van der Waals surface area contributed by atoms with Gasteiger partial charge < -0.3 is 64.0 Å². The van der Waals surface area contributed by atoms with E-state index >= 15 is 0 Å². The van der Waals surface area contributed by atoms with Gasteiger partial charge in [0.2, 0.25) is 59.1 Å². The van der Waals surface area contributed by atoms with Crippen LogP contribution in [0, 0.1) is 11.8 Å². The lowest BCUT2D eigenvalue weighted by Crippen LogP contribution is -2.59. The second-order valence-electron chi connectivity index (χ2n) is 19.7. The summed E-state index contributed by atoms with van der Waals surface area (Å²) in [6.07, 6.45) is 5.33. The van der Waals surface area contributed by atoms with E-state index in [0.717, 1.165) is 16.5 Å². The van der Waals surface area contributed by atoms with Gasteiger partial charge in [-0.25, -0.2) is 4.98 Å². The number of thioether (sulfide) groups is 1. The van der Waals surface area contributed by atoms with Crippen LogP contribution in [0.25, 0.3) is 10.9 Å². The van der Waals surface area contributed by atoms with Crippen LogP contribution in [0.15, 0.2) is 73.3 Å². The third-order valence-corrected chi connectivity index (χ3v) is 14.0. The van der Waals surface area contributed by atoms with Gasteiger partial charge in [-0.2, -0.15) is 0 Å². The minimum absolute atomic E-state index is 0.0162. The highest BCUT2D eigenvalue weighted by Gasteiger charge is 2.35. The average Bonchev–Trinajstić information content (AvgIpc) is 4.16. The molecule has 3 heterocycles. The monoisotopic (exact) mass is 1070 g/mol. The van der Waals surface area contributed by atoms with Gasteiger partial charge in [0.25, 0.3) is 0 Å². The van der Waals surface area contributed by atoms with Gasteiger partial charge in [0.15, 0.2) is 0 Å². The number of benzene rings is 2. The van der Waals surface area contributed by atoms with Crippen LogP contribution in [0.2, 0.25) is 0 Å². The minimum Gasteiger partial charge on any atom is -0.370 e. The van der Waals surface area contributed by atoms with Crippen LogP contribution in [-0.4, -0.2) is 134 Å². The number of primary amides is 2. The Bertz CT molecular complexity index is 2660. The fourth-order valence-electron chi connectivity index (χ4n) is 8.46. The Balaban J connectivity index is 1.24. The number of nitrogens with one attached hydrogen (secondary N) is 10. The molecule has 0 spiro atoms. The standard InChI is InChI=1S/C52H71N13O10S/c1-28(2)19-41(46(54)69)76-26-34(20-31-11-7-6-8-12-31)60-51(74)40(22-33-24-55-27-58-33)62-44(68)25-57-52(75)45(29(3)4)65-47(70)30(5)59-50(73)39(21-32-23-56-36-14-10-9-13-35(32)36)64-49(72)38(15-17-42(53)66)63-48(71)37-16-18-43(67)61-37/h6-14,23-24,27-30,34,37-41,45,56H,15-22,25-26H2,1-5H3,(H2,53,66)(H2,54,69)(H,55,58)(H,57,75)(H,59,73)(H,60,74)(H,61,67)(H,62,68)(H,63,71)(H,64,72)(H,65,70). The molecule has 10 amide bonds. The normalized spacial score (nSPS) is 16.0. The molecule has 0 bridgehead atoms. The maximum Gasteiger partial charge on any atom is 0.243 e. The number of aromatic nitrogens is 3. The van der Waals surface area contributed by atoms with Crippen molar-refractivity contribution in [2.45, 2.75) is 134 Å². The maximum atomic E-state index is 14.1. The molecule has 1 aliphatic rings. The van der Waals surface area contributed by atoms with Gasteiger partial charge in [-0.3, -0.25) is 47.9 Å². The molecule has 2 aromatic carbocycles. The van der Waals surface area contributed by atoms with Crippen LogP contribution in [0.1, 0.15) is 83.5 Å². The molecule has 5 rings (SSSR count). The lowest BCUT2D eigenvalue weighted by atomic mass is 10.0. The molecule has 1 fully saturated rings. The molecule has 0 aliphatic carbocycles. The highest BCUT2D eigenvalue weighted by molar-refractivity contribution is 8.00. The van der Waals surface area contributed by atoms with E-state index in [1.807, 2.05) is 62.4 Å². The first kappa shape index (κ1) is 59.1. The Morgan fingerprint density at radius 1 is 0.737 bits per heavy atom. The van der Waals surface area contributed by atoms with Crippen molar-refractivity contribution in [3.8, 4) is 0 Å². The lowest BCUT2D eigenvalue weighted by Gasteiger charge is -2.27. The Labute approximate surface area is 444 Å². The van der Waals surface area contributed by atoms with Gasteiger partial charge in [-0.15, -0.1) is 11.8 Å². The van der Waals surface area contributed by atoms with E-state index in [9.17, 15) is 47.9 Å². The van der Waals surface area contributed by atoms with E-state index in [1.54, 1.807) is 26.1 Å². The van der Waals surface area contributed by atoms with Crippen LogP contribution in [0.3, 0.4) is 0 Å². The Kier molecular flexibility index (Phi) is 22.4. The van der Waals surface area contributed by atoms with Crippen molar-refractivity contribution in [1.29, 1.82) is 0 Å². The zero-order chi connectivity index (χ0) is 55.5. The van der Waals surface area contributed by atoms with Crippen molar-refractivity contribution in [1.82, 2.24) is 57.5 Å². The summed E-state index contributed by atoms with van der Waals surface area (Å²) >= 11 is 1.36. The van der Waals surface area contributed by atoms with Crippen LogP contribution in [-0.2, 0) is 67.2 Å². The van der Waals surface area contributed by atoms with E-state index < -0.39 is 113 Å². The Morgan fingerprint density at radius 3 is 2.07 bits per heavy atom. The number of carbonyl (C=O) groups excluding carboxylic acids is 10. The first-order valence-electron chi connectivity index (χ1n) is 25.3. The molecule has 4 aromatic rings. The topological polar surface area (TPSA) is 363 Å². The molecule has 8 unspecified atom stereocenters. The number of aromatic amines is 2. The quantitative estimate of drug-likeness (QED) is 0.0323. The van der Waals surface area contributed by atoms with Gasteiger partial charge in [0, 0.05) is 66.5 Å². The summed E-state index contributed by atoms with van der Waals surface area (Å²) in [5.41, 5.74) is 14.0. The van der Waals surface area contributed by atoms with E-state index in [1.165, 1.54) is 31.2 Å². The molecule has 8 atom stereocenters. The summed E-state index contributed by atoms with van der Waals surface area (Å²) in [6.45, 7) is 8.11. The van der Waals surface area contributed by atoms with E-state index in [-0.39, 0.29) is 50.4 Å². The number of rotatable bonds is 30. The number of carbonyl (C=O) groups is 10. The summed E-state index contributed by atoms with van der Waals surface area (Å²) in [4.78, 5) is 142. The third kappa shape index (κ3) is 18.6. The SMILES string of the molecule is CC(C)CC(SCC(Cc1ccccc1)NC(=O)C(Cc1cnc[nH]1)NC(=O)CNC(=O)C(NC(=O)C(C)NC(=O)C(Cc1c[nH]c2ccccc12)NC(=O)C(CCC(N)=O)NC(=O)C1CCC(=O)N1)C(C)C)C(N)=O. The predicted octanol–water partition coefficient (Wildman–Crippen LogP) is -0.203. The smallest absolute Gasteiger partial charge is 0.243 e. The highest BCUT2D eigenvalue weighted by Crippen LogP contribution is 2.22. The van der Waals surface area contributed by atoms with E-state index in [2.05, 4.69) is 57.5 Å². The van der Waals surface area contributed by atoms with Gasteiger partial charge in [-0.05, 0) is 61.6 Å². The first-order valence-corrected chi connectivity index (χ1v) is 26.4. The van der Waals surface area contributed by atoms with Gasteiger partial charge in [0.1, 0.15) is 36.3 Å². The third-order valence-electron chi connectivity index (χ3n) is 12.6. The number of hydrogen-bond acceptors (Lipinski definition) is 12. The van der Waals surface area contributed by atoms with Crippen LogP contribution < -0.4 is 54.0 Å². The first-order chi connectivity index (χ1) is 36.2. The summed E-state index contributed by atoms with van der Waals surface area (Å²) in [7, 11) is 0. The van der Waals surface area contributed by atoms with Gasteiger partial charge in [0.05, 0.1) is 18.1 Å². The summed E-state index contributed by atoms with van der Waals surface area (Å²) < 4.78 is 0. The van der Waals surface area contributed by atoms with E-state index in [4.69, 9.17) is 11.5 Å². The minimum atomic E-state index is -1.35. The number of H-pyrrole nitrogens is 2. The highest BCUT2D eigenvalue weighted by atomic mass is 32.2.